The van der Waals surface area contributed by atoms with Crippen LogP contribution in [0.1, 0.15) is 56.6 Å². The van der Waals surface area contributed by atoms with Crippen LogP contribution in [-0.4, -0.2) is 17.7 Å². The molecule has 0 heterocycles. The van der Waals surface area contributed by atoms with Gasteiger partial charge in [-0.2, -0.15) is 0 Å². The average Bonchev–Trinajstić information content (AvgIpc) is 2.43. The highest BCUT2D eigenvalue weighted by Gasteiger charge is 2.00. The van der Waals surface area contributed by atoms with Gasteiger partial charge in [0.2, 0.25) is 0 Å². The highest BCUT2D eigenvalue weighted by Crippen LogP contribution is 2.08. The summed E-state index contributed by atoms with van der Waals surface area (Å²) in [6, 6.07) is 7.61. The van der Waals surface area contributed by atoms with Gasteiger partial charge in [-0.15, -0.1) is 0 Å². The van der Waals surface area contributed by atoms with Crippen molar-refractivity contribution in [1.82, 2.24) is 0 Å². The minimum absolute atomic E-state index is 0.0822. The molecule has 1 aromatic carbocycles. The van der Waals surface area contributed by atoms with Crippen molar-refractivity contribution < 1.29 is 14.6 Å². The van der Waals surface area contributed by atoms with E-state index in [1.54, 1.807) is 0 Å². The molecule has 0 unspecified atom stereocenters. The van der Waals surface area contributed by atoms with Crippen LogP contribution in [-0.2, 0) is 22.6 Å². The molecule has 0 aliphatic heterocycles. The predicted octanol–water partition coefficient (Wildman–Crippen LogP) is 4.19. The van der Waals surface area contributed by atoms with Crippen LogP contribution in [0.15, 0.2) is 24.3 Å². The number of carbonyl (C=O) groups is 1. The van der Waals surface area contributed by atoms with Gasteiger partial charge in [0.15, 0.2) is 0 Å². The van der Waals surface area contributed by atoms with Gasteiger partial charge in [0.05, 0.1) is 13.0 Å². The Balaban J connectivity index is 2.08. The second-order valence-electron chi connectivity index (χ2n) is 5.21. The summed E-state index contributed by atoms with van der Waals surface area (Å²) >= 11 is 0. The summed E-state index contributed by atoms with van der Waals surface area (Å²) in [5, 5.41) is 8.69. The zero-order chi connectivity index (χ0) is 14.6. The first-order chi connectivity index (χ1) is 9.72. The molecule has 0 saturated carbocycles. The van der Waals surface area contributed by atoms with Crippen molar-refractivity contribution in [1.29, 1.82) is 0 Å². The Hall–Kier alpha value is -1.35. The van der Waals surface area contributed by atoms with Gasteiger partial charge in [-0.25, -0.2) is 0 Å². The number of benzene rings is 1. The zero-order valence-electron chi connectivity index (χ0n) is 12.4. The van der Waals surface area contributed by atoms with Gasteiger partial charge in [-0.3, -0.25) is 4.79 Å². The minimum Gasteiger partial charge on any atom is -0.481 e. The zero-order valence-corrected chi connectivity index (χ0v) is 12.4. The molecule has 3 heteroatoms. The highest BCUT2D eigenvalue weighted by atomic mass is 16.5. The van der Waals surface area contributed by atoms with Crippen molar-refractivity contribution >= 4 is 5.97 Å². The molecule has 0 atom stereocenters. The van der Waals surface area contributed by atoms with Crippen LogP contribution in [0.25, 0.3) is 0 Å². The minimum atomic E-state index is -0.794. The van der Waals surface area contributed by atoms with Crippen LogP contribution in [0.2, 0.25) is 0 Å². The lowest BCUT2D eigenvalue weighted by molar-refractivity contribution is -0.136. The lowest BCUT2D eigenvalue weighted by Crippen LogP contribution is -2.00. The van der Waals surface area contributed by atoms with E-state index in [2.05, 4.69) is 6.92 Å². The molecule has 1 aromatic rings. The number of aliphatic carboxylic acids is 1. The van der Waals surface area contributed by atoms with E-state index < -0.39 is 5.97 Å². The fraction of sp³-hybridized carbons (Fsp3) is 0.588. The Morgan fingerprint density at radius 2 is 1.60 bits per heavy atom. The molecule has 20 heavy (non-hydrogen) atoms. The maximum atomic E-state index is 10.6. The molecule has 112 valence electrons. The van der Waals surface area contributed by atoms with Gasteiger partial charge < -0.3 is 9.84 Å². The van der Waals surface area contributed by atoms with E-state index in [4.69, 9.17) is 9.84 Å². The topological polar surface area (TPSA) is 46.5 Å². The molecule has 3 nitrogen and oxygen atoms in total. The molecule has 0 fully saturated rings. The summed E-state index contributed by atoms with van der Waals surface area (Å²) in [5.74, 6) is -0.794. The second kappa shape index (κ2) is 10.4. The van der Waals surface area contributed by atoms with E-state index in [0.29, 0.717) is 6.61 Å². The molecule has 1 rings (SSSR count). The van der Waals surface area contributed by atoms with E-state index in [9.17, 15) is 4.79 Å². The molecule has 0 amide bonds. The van der Waals surface area contributed by atoms with Crippen molar-refractivity contribution in [2.45, 2.75) is 58.5 Å². The van der Waals surface area contributed by atoms with E-state index in [-0.39, 0.29) is 6.42 Å². The second-order valence-corrected chi connectivity index (χ2v) is 5.21. The molecule has 0 aliphatic carbocycles. The molecular formula is C17H26O3. The van der Waals surface area contributed by atoms with Gasteiger partial charge in [-0.05, 0) is 17.5 Å². The molecule has 0 aromatic heterocycles. The molecular weight excluding hydrogens is 252 g/mol. The van der Waals surface area contributed by atoms with Crippen LogP contribution < -0.4 is 0 Å². The quantitative estimate of drug-likeness (QED) is 0.617. The SMILES string of the molecule is CCCCCCCCOCc1ccc(CC(=O)O)cc1. The van der Waals surface area contributed by atoms with E-state index >= 15 is 0 Å². The van der Waals surface area contributed by atoms with Crippen LogP contribution in [0, 0.1) is 0 Å². The van der Waals surface area contributed by atoms with E-state index in [0.717, 1.165) is 24.2 Å². The van der Waals surface area contributed by atoms with Crippen molar-refractivity contribution in [3.63, 3.8) is 0 Å². The Labute approximate surface area is 122 Å². The van der Waals surface area contributed by atoms with Crippen LogP contribution in [0.5, 0.6) is 0 Å². The van der Waals surface area contributed by atoms with Gasteiger partial charge >= 0.3 is 5.97 Å². The molecule has 0 aliphatic rings. The Kier molecular flexibility index (Phi) is 8.72. The maximum Gasteiger partial charge on any atom is 0.307 e. The number of carboxylic acid groups (broad SMARTS) is 1. The van der Waals surface area contributed by atoms with Crippen LogP contribution >= 0.6 is 0 Å². The predicted molar refractivity (Wildman–Crippen MR) is 80.8 cm³/mol. The third-order valence-electron chi connectivity index (χ3n) is 3.29. The normalized spacial score (nSPS) is 10.7. The molecule has 1 N–H and O–H groups in total. The van der Waals surface area contributed by atoms with Gasteiger partial charge in [0, 0.05) is 6.61 Å². The summed E-state index contributed by atoms with van der Waals surface area (Å²) in [4.78, 5) is 10.6. The van der Waals surface area contributed by atoms with Gasteiger partial charge in [0.25, 0.3) is 0 Å². The van der Waals surface area contributed by atoms with Gasteiger partial charge in [0.1, 0.15) is 0 Å². The average molecular weight is 278 g/mol. The first-order valence-electron chi connectivity index (χ1n) is 7.59. The third-order valence-corrected chi connectivity index (χ3v) is 3.29. The molecule has 0 spiro atoms. The van der Waals surface area contributed by atoms with E-state index in [1.807, 2.05) is 24.3 Å². The number of ether oxygens (including phenoxy) is 1. The summed E-state index contributed by atoms with van der Waals surface area (Å²) in [7, 11) is 0. The molecule has 0 bridgehead atoms. The number of hydrogen-bond donors (Lipinski definition) is 1. The molecule has 0 radical (unpaired) electrons. The monoisotopic (exact) mass is 278 g/mol. The Morgan fingerprint density at radius 3 is 2.25 bits per heavy atom. The molecule has 0 saturated heterocycles. The largest absolute Gasteiger partial charge is 0.481 e. The number of unbranched alkanes of at least 4 members (excludes halogenated alkanes) is 5. The van der Waals surface area contributed by atoms with Crippen molar-refractivity contribution in [3.05, 3.63) is 35.4 Å². The Morgan fingerprint density at radius 1 is 1.00 bits per heavy atom. The number of hydrogen-bond acceptors (Lipinski definition) is 2. The van der Waals surface area contributed by atoms with Crippen LogP contribution in [0.4, 0.5) is 0 Å². The fourth-order valence-electron chi connectivity index (χ4n) is 2.10. The van der Waals surface area contributed by atoms with Crippen molar-refractivity contribution in [2.75, 3.05) is 6.61 Å². The standard InChI is InChI=1S/C17H26O3/c1-2-3-4-5-6-7-12-20-14-16-10-8-15(9-11-16)13-17(18)19/h8-11H,2-7,12-14H2,1H3,(H,18,19). The van der Waals surface area contributed by atoms with Crippen molar-refractivity contribution in [3.8, 4) is 0 Å². The Bertz CT molecular complexity index is 370. The maximum absolute atomic E-state index is 10.6. The summed E-state index contributed by atoms with van der Waals surface area (Å²) in [6.45, 7) is 3.65. The van der Waals surface area contributed by atoms with Crippen LogP contribution in [0.3, 0.4) is 0 Å². The first kappa shape index (κ1) is 16.7. The van der Waals surface area contributed by atoms with Crippen molar-refractivity contribution in [2.24, 2.45) is 0 Å². The number of rotatable bonds is 11. The summed E-state index contributed by atoms with van der Waals surface area (Å²) in [6.07, 6.45) is 7.72. The smallest absolute Gasteiger partial charge is 0.307 e. The fourth-order valence-corrected chi connectivity index (χ4v) is 2.10. The number of carboxylic acids is 1. The lowest BCUT2D eigenvalue weighted by Gasteiger charge is -2.05. The van der Waals surface area contributed by atoms with E-state index in [1.165, 1.54) is 32.1 Å². The highest BCUT2D eigenvalue weighted by molar-refractivity contribution is 5.70. The van der Waals surface area contributed by atoms with Gasteiger partial charge in [-0.1, -0.05) is 63.3 Å². The first-order valence-corrected chi connectivity index (χ1v) is 7.59. The lowest BCUT2D eigenvalue weighted by atomic mass is 10.1. The summed E-state index contributed by atoms with van der Waals surface area (Å²) < 4.78 is 5.63. The third kappa shape index (κ3) is 7.95. The summed E-state index contributed by atoms with van der Waals surface area (Å²) in [5.41, 5.74) is 1.93.